The molecule has 25 heavy (non-hydrogen) atoms. The number of halogens is 1. The predicted molar refractivity (Wildman–Crippen MR) is 92.4 cm³/mol. The van der Waals surface area contributed by atoms with Crippen LogP contribution in [0.1, 0.15) is 23.7 Å². The quantitative estimate of drug-likeness (QED) is 0.557. The summed E-state index contributed by atoms with van der Waals surface area (Å²) in [7, 11) is -2.90. The number of hydrogen-bond acceptors (Lipinski definition) is 8. The summed E-state index contributed by atoms with van der Waals surface area (Å²) in [4.78, 5) is 22.9. The maximum atomic E-state index is 12.4. The Morgan fingerprint density at radius 3 is 2.68 bits per heavy atom. The number of ether oxygens (including phenoxy) is 1. The van der Waals surface area contributed by atoms with Crippen LogP contribution in [0.4, 0.5) is 10.8 Å². The van der Waals surface area contributed by atoms with Gasteiger partial charge in [-0.25, -0.2) is 4.79 Å². The monoisotopic (exact) mass is 404 g/mol. The summed E-state index contributed by atoms with van der Waals surface area (Å²) in [5, 5.41) is 9.71. The first-order valence-corrected chi connectivity index (χ1v) is 9.48. The Kier molecular flexibility index (Phi) is 5.93. The molecule has 0 aliphatic heterocycles. The molecule has 1 amide bonds. The molecule has 12 heteroatoms. The van der Waals surface area contributed by atoms with Gasteiger partial charge in [0, 0.05) is 6.42 Å². The number of sulfonamides is 1. The second kappa shape index (κ2) is 7.76. The molecule has 2 rings (SSSR count). The van der Waals surface area contributed by atoms with Crippen molar-refractivity contribution in [3.8, 4) is 0 Å². The van der Waals surface area contributed by atoms with E-state index < -0.39 is 16.0 Å². The Labute approximate surface area is 152 Å². The molecule has 0 spiro atoms. The molecular weight excluding hydrogens is 392 g/mol. The maximum Gasteiger partial charge on any atom is 0.337 e. The summed E-state index contributed by atoms with van der Waals surface area (Å²) in [6, 6.07) is 4.00. The third kappa shape index (κ3) is 4.65. The molecule has 0 atom stereocenters. The first-order valence-electron chi connectivity index (χ1n) is 6.81. The van der Waals surface area contributed by atoms with Crippen LogP contribution in [0.3, 0.4) is 0 Å². The number of esters is 1. The van der Waals surface area contributed by atoms with Crippen molar-refractivity contribution >= 4 is 55.7 Å². The minimum absolute atomic E-state index is 0.0149. The highest BCUT2D eigenvalue weighted by Gasteiger charge is 2.22. The zero-order valence-electron chi connectivity index (χ0n) is 13.1. The Hall–Kier alpha value is -2.24. The molecule has 0 aliphatic carbocycles. The van der Waals surface area contributed by atoms with Gasteiger partial charge in [0.05, 0.1) is 23.4 Å². The number of carbonyl (C=O) groups excluding carboxylic acids is 2. The maximum absolute atomic E-state index is 12.4. The molecular formula is C13H13ClN4O5S2. The molecule has 0 saturated carbocycles. The number of aromatic nitrogens is 2. The van der Waals surface area contributed by atoms with Crippen LogP contribution in [0.25, 0.3) is 0 Å². The number of methoxy groups -OCH3 is 1. The average molecular weight is 405 g/mol. The summed E-state index contributed by atoms with van der Waals surface area (Å²) in [6.45, 7) is 1.64. The zero-order valence-corrected chi connectivity index (χ0v) is 15.5. The number of anilines is 2. The molecule has 1 heterocycles. The SMILES string of the molecule is CCC(=O)Nc1nnc(S(=O)(=O)Nc2cc(C(=O)OC)ccc2Cl)s1. The Morgan fingerprint density at radius 1 is 1.32 bits per heavy atom. The van der Waals surface area contributed by atoms with E-state index in [1.165, 1.54) is 25.3 Å². The normalized spacial score (nSPS) is 11.0. The van der Waals surface area contributed by atoms with Gasteiger partial charge >= 0.3 is 5.97 Å². The fourth-order valence-corrected chi connectivity index (χ4v) is 3.82. The number of hydrogen-bond donors (Lipinski definition) is 2. The highest BCUT2D eigenvalue weighted by atomic mass is 35.5. The van der Waals surface area contributed by atoms with Gasteiger partial charge in [0.25, 0.3) is 14.4 Å². The summed E-state index contributed by atoms with van der Waals surface area (Å²) >= 11 is 6.65. The second-order valence-electron chi connectivity index (χ2n) is 4.57. The summed E-state index contributed by atoms with van der Waals surface area (Å²) in [5.74, 6) is -0.959. The molecule has 0 unspecified atom stereocenters. The van der Waals surface area contributed by atoms with Crippen molar-refractivity contribution in [2.45, 2.75) is 17.7 Å². The van der Waals surface area contributed by atoms with Gasteiger partial charge in [-0.1, -0.05) is 29.9 Å². The van der Waals surface area contributed by atoms with Crippen molar-refractivity contribution in [2.75, 3.05) is 17.1 Å². The van der Waals surface area contributed by atoms with E-state index in [9.17, 15) is 18.0 Å². The van der Waals surface area contributed by atoms with Gasteiger partial charge in [0.1, 0.15) is 0 Å². The molecule has 1 aromatic heterocycles. The fraction of sp³-hybridized carbons (Fsp3) is 0.231. The first-order chi connectivity index (χ1) is 11.8. The van der Waals surface area contributed by atoms with Gasteiger partial charge in [-0.05, 0) is 18.2 Å². The molecule has 2 N–H and O–H groups in total. The van der Waals surface area contributed by atoms with Crippen LogP contribution >= 0.6 is 22.9 Å². The van der Waals surface area contributed by atoms with Gasteiger partial charge in [-0.2, -0.15) is 8.42 Å². The Morgan fingerprint density at radius 2 is 2.04 bits per heavy atom. The standard InChI is InChI=1S/C13H13ClN4O5S2/c1-3-10(19)15-12-16-17-13(24-12)25(21,22)18-9-6-7(11(20)23-2)4-5-8(9)14/h4-6,18H,3H2,1-2H3,(H,15,16,19). The van der Waals surface area contributed by atoms with E-state index in [1.807, 2.05) is 0 Å². The lowest BCUT2D eigenvalue weighted by atomic mass is 10.2. The van der Waals surface area contributed by atoms with E-state index >= 15 is 0 Å². The molecule has 2 aromatic rings. The molecule has 1 aromatic carbocycles. The van der Waals surface area contributed by atoms with Crippen molar-refractivity contribution in [3.05, 3.63) is 28.8 Å². The van der Waals surface area contributed by atoms with Crippen LogP contribution in [0.15, 0.2) is 22.5 Å². The molecule has 0 aliphatic rings. The number of nitrogens with one attached hydrogen (secondary N) is 2. The molecule has 9 nitrogen and oxygen atoms in total. The van der Waals surface area contributed by atoms with Gasteiger partial charge in [-0.15, -0.1) is 10.2 Å². The molecule has 0 radical (unpaired) electrons. The lowest BCUT2D eigenvalue weighted by Gasteiger charge is -2.08. The van der Waals surface area contributed by atoms with Crippen molar-refractivity contribution in [1.82, 2.24) is 10.2 Å². The second-order valence-corrected chi connectivity index (χ2v) is 7.81. The third-order valence-corrected chi connectivity index (χ3v) is 5.74. The van der Waals surface area contributed by atoms with Crippen LogP contribution in [-0.2, 0) is 19.6 Å². The summed E-state index contributed by atoms with van der Waals surface area (Å²) < 4.78 is 31.2. The number of rotatable bonds is 6. The van der Waals surface area contributed by atoms with Crippen molar-refractivity contribution < 1.29 is 22.7 Å². The van der Waals surface area contributed by atoms with Crippen LogP contribution in [-0.4, -0.2) is 37.6 Å². The summed E-state index contributed by atoms with van der Waals surface area (Å²) in [6.07, 6.45) is 0.218. The van der Waals surface area contributed by atoms with Crippen LogP contribution < -0.4 is 10.0 Å². The highest BCUT2D eigenvalue weighted by Crippen LogP contribution is 2.28. The Balaban J connectivity index is 2.27. The minimum Gasteiger partial charge on any atom is -0.465 e. The van der Waals surface area contributed by atoms with Crippen molar-refractivity contribution in [3.63, 3.8) is 0 Å². The minimum atomic E-state index is -4.10. The van der Waals surface area contributed by atoms with Crippen molar-refractivity contribution in [2.24, 2.45) is 0 Å². The third-order valence-electron chi connectivity index (χ3n) is 2.84. The number of carbonyl (C=O) groups is 2. The lowest BCUT2D eigenvalue weighted by molar-refractivity contribution is -0.115. The highest BCUT2D eigenvalue weighted by molar-refractivity contribution is 7.94. The van der Waals surface area contributed by atoms with Gasteiger partial charge in [0.2, 0.25) is 11.0 Å². The number of benzene rings is 1. The lowest BCUT2D eigenvalue weighted by Crippen LogP contribution is -2.14. The smallest absolute Gasteiger partial charge is 0.337 e. The van der Waals surface area contributed by atoms with Crippen LogP contribution in [0, 0.1) is 0 Å². The van der Waals surface area contributed by atoms with Gasteiger partial charge < -0.3 is 10.1 Å². The number of amides is 1. The Bertz CT molecular complexity index is 913. The molecule has 0 saturated heterocycles. The fourth-order valence-electron chi connectivity index (χ4n) is 1.61. The van der Waals surface area contributed by atoms with Crippen LogP contribution in [0.2, 0.25) is 5.02 Å². The van der Waals surface area contributed by atoms with E-state index in [0.29, 0.717) is 11.3 Å². The van der Waals surface area contributed by atoms with Gasteiger partial charge in [0.15, 0.2) is 0 Å². The molecule has 0 bridgehead atoms. The number of nitrogens with zero attached hydrogens (tertiary/aromatic N) is 2. The summed E-state index contributed by atoms with van der Waals surface area (Å²) in [5.41, 5.74) is 0.108. The van der Waals surface area contributed by atoms with E-state index in [2.05, 4.69) is 25.0 Å². The van der Waals surface area contributed by atoms with E-state index in [1.54, 1.807) is 6.92 Å². The largest absolute Gasteiger partial charge is 0.465 e. The molecule has 0 fully saturated rings. The van der Waals surface area contributed by atoms with E-state index in [-0.39, 0.29) is 38.1 Å². The molecule has 134 valence electrons. The topological polar surface area (TPSA) is 127 Å². The van der Waals surface area contributed by atoms with E-state index in [0.717, 1.165) is 0 Å². The predicted octanol–water partition coefficient (Wildman–Crippen LogP) is 2.13. The first kappa shape index (κ1) is 19.1. The van der Waals surface area contributed by atoms with Gasteiger partial charge in [-0.3, -0.25) is 9.52 Å². The van der Waals surface area contributed by atoms with Crippen LogP contribution in [0.5, 0.6) is 0 Å². The average Bonchev–Trinajstić information content (AvgIpc) is 3.05. The van der Waals surface area contributed by atoms with Crippen molar-refractivity contribution in [1.29, 1.82) is 0 Å². The van der Waals surface area contributed by atoms with E-state index in [4.69, 9.17) is 11.6 Å². The zero-order chi connectivity index (χ0) is 18.6.